The van der Waals surface area contributed by atoms with Crippen LogP contribution in [0.1, 0.15) is 10.4 Å². The molecule has 108 valence electrons. The summed E-state index contributed by atoms with van der Waals surface area (Å²) in [7, 11) is 1.69. The van der Waals surface area contributed by atoms with Crippen molar-refractivity contribution < 1.29 is 24.4 Å². The fourth-order valence-corrected chi connectivity index (χ4v) is 1.82. The molecule has 1 heterocycles. The average Bonchev–Trinajstić information content (AvgIpc) is 2.43. The van der Waals surface area contributed by atoms with Gasteiger partial charge < -0.3 is 20.4 Å². The van der Waals surface area contributed by atoms with Gasteiger partial charge in [-0.15, -0.1) is 0 Å². The highest BCUT2D eigenvalue weighted by Gasteiger charge is 2.34. The van der Waals surface area contributed by atoms with Crippen molar-refractivity contribution in [2.45, 2.75) is 12.4 Å². The van der Waals surface area contributed by atoms with Crippen LogP contribution in [0.15, 0.2) is 24.3 Å². The summed E-state index contributed by atoms with van der Waals surface area (Å²) in [4.78, 5) is 29.9. The van der Waals surface area contributed by atoms with E-state index < -0.39 is 18.4 Å². The first-order valence-corrected chi connectivity index (χ1v) is 6.00. The van der Waals surface area contributed by atoms with Crippen LogP contribution in [0.2, 0.25) is 0 Å². The van der Waals surface area contributed by atoms with Crippen LogP contribution in [0.3, 0.4) is 0 Å². The van der Waals surface area contributed by atoms with E-state index in [9.17, 15) is 14.8 Å². The number of carboxylic acids is 1. The van der Waals surface area contributed by atoms with E-state index in [0.29, 0.717) is 6.61 Å². The molecule has 8 heteroatoms. The fourth-order valence-electron chi connectivity index (χ4n) is 1.82. The van der Waals surface area contributed by atoms with Gasteiger partial charge >= 0.3 is 5.69 Å². The molecular weight excluding hydrogens is 266 g/mol. The smallest absolute Gasteiger partial charge is 0.325 e. The molecule has 0 aromatic heterocycles. The number of rotatable bonds is 4. The molecule has 2 atom stereocenters. The maximum Gasteiger partial charge on any atom is 0.325 e. The second-order valence-corrected chi connectivity index (χ2v) is 4.39. The Balaban J connectivity index is 2.14. The van der Waals surface area contributed by atoms with Gasteiger partial charge in [-0.2, -0.15) is 0 Å². The highest BCUT2D eigenvalue weighted by molar-refractivity contribution is 5.90. The zero-order valence-electron chi connectivity index (χ0n) is 10.9. The van der Waals surface area contributed by atoms with Crippen molar-refractivity contribution in [3.05, 3.63) is 34.7 Å². The number of carbonyl (C=O) groups excluding carboxylic acids is 1. The third-order valence-electron chi connectivity index (χ3n) is 3.06. The number of aromatic carboxylic acids is 1. The fraction of sp³-hybridized carbons (Fsp3) is 0.417. The number of carbonyl (C=O) groups is 1. The topological polar surface area (TPSA) is 108 Å². The summed E-state index contributed by atoms with van der Waals surface area (Å²) >= 11 is 0. The first kappa shape index (κ1) is 14.4. The quantitative estimate of drug-likeness (QED) is 0.702. The predicted molar refractivity (Wildman–Crippen MR) is 65.5 cm³/mol. The van der Waals surface area contributed by atoms with Gasteiger partial charge in [-0.05, 0) is 13.1 Å². The standard InChI is InChI=1S/C12H15N3O5/c1-14-10(13)6-19-7-11(14)20-15(18)9-5-3-2-4-8(9)12(16)17/h2-5,10-11H,6-7,13H2,1H3. The summed E-state index contributed by atoms with van der Waals surface area (Å²) in [5.74, 6) is -1.45. The summed E-state index contributed by atoms with van der Waals surface area (Å²) in [5.41, 5.74) is 5.37. The zero-order valence-corrected chi connectivity index (χ0v) is 10.9. The molecule has 2 unspecified atom stereocenters. The Hall–Kier alpha value is -2.03. The van der Waals surface area contributed by atoms with E-state index in [4.69, 9.17) is 15.3 Å². The van der Waals surface area contributed by atoms with Crippen LogP contribution in [0.4, 0.5) is 5.69 Å². The molecule has 1 fully saturated rings. The summed E-state index contributed by atoms with van der Waals surface area (Å²) < 4.78 is 5.19. The first-order valence-electron chi connectivity index (χ1n) is 6.00. The van der Waals surface area contributed by atoms with Crippen molar-refractivity contribution in [1.82, 2.24) is 4.90 Å². The largest absolute Gasteiger partial charge is 0.545 e. The predicted octanol–water partition coefficient (Wildman–Crippen LogP) is -1.03. The minimum atomic E-state index is -1.45. The average molecular weight is 281 g/mol. The van der Waals surface area contributed by atoms with Gasteiger partial charge in [0.15, 0.2) is 0 Å². The highest BCUT2D eigenvalue weighted by Crippen LogP contribution is 2.20. The molecule has 0 radical (unpaired) electrons. The van der Waals surface area contributed by atoms with Gasteiger partial charge in [0.05, 0.1) is 29.2 Å². The van der Waals surface area contributed by atoms with Crippen molar-refractivity contribution in [2.24, 2.45) is 5.73 Å². The number of morpholine rings is 1. The molecule has 0 aliphatic carbocycles. The summed E-state index contributed by atoms with van der Waals surface area (Å²) in [6, 6.07) is 5.63. The van der Waals surface area contributed by atoms with Crippen LogP contribution < -0.4 is 10.8 Å². The SMILES string of the molecule is CN1C(N)COCC1O[N+](=O)c1ccccc1C(=O)[O-]. The zero-order chi connectivity index (χ0) is 14.7. The van der Waals surface area contributed by atoms with Crippen molar-refractivity contribution >= 4 is 11.7 Å². The van der Waals surface area contributed by atoms with Crippen LogP contribution in [-0.2, 0) is 9.57 Å². The Morgan fingerprint density at radius 3 is 2.90 bits per heavy atom. The number of benzene rings is 1. The molecule has 0 saturated carbocycles. The van der Waals surface area contributed by atoms with Gasteiger partial charge in [0.25, 0.3) is 11.2 Å². The molecule has 20 heavy (non-hydrogen) atoms. The molecule has 1 aliphatic rings. The lowest BCUT2D eigenvalue weighted by Crippen LogP contribution is -2.55. The molecule has 1 aromatic rings. The Kier molecular flexibility index (Phi) is 4.28. The monoisotopic (exact) mass is 281 g/mol. The Morgan fingerprint density at radius 1 is 1.50 bits per heavy atom. The van der Waals surface area contributed by atoms with Crippen LogP contribution in [0.5, 0.6) is 0 Å². The van der Waals surface area contributed by atoms with Crippen LogP contribution in [0, 0.1) is 4.91 Å². The Labute approximate surface area is 115 Å². The molecule has 2 rings (SSSR count). The van der Waals surface area contributed by atoms with Crippen LogP contribution in [0.25, 0.3) is 0 Å². The third-order valence-corrected chi connectivity index (χ3v) is 3.06. The number of hydrogen-bond acceptors (Lipinski definition) is 7. The maximum atomic E-state index is 12.0. The van der Waals surface area contributed by atoms with E-state index in [2.05, 4.69) is 0 Å². The molecule has 1 aromatic carbocycles. The minimum absolute atomic E-state index is 0.139. The van der Waals surface area contributed by atoms with Crippen molar-refractivity contribution in [1.29, 1.82) is 0 Å². The highest BCUT2D eigenvalue weighted by atomic mass is 16.8. The van der Waals surface area contributed by atoms with Gasteiger partial charge in [-0.1, -0.05) is 12.1 Å². The normalized spacial score (nSPS) is 23.3. The minimum Gasteiger partial charge on any atom is -0.545 e. The molecule has 1 aliphatic heterocycles. The van der Waals surface area contributed by atoms with Gasteiger partial charge in [0.1, 0.15) is 6.61 Å². The summed E-state index contributed by atoms with van der Waals surface area (Å²) in [5, 5.41) is 10.9. The molecular formula is C12H15N3O5. The molecule has 0 spiro atoms. The molecule has 1 saturated heterocycles. The van der Waals surface area contributed by atoms with E-state index in [-0.39, 0.29) is 22.8 Å². The lowest BCUT2D eigenvalue weighted by Gasteiger charge is -2.33. The Bertz CT molecular complexity index is 522. The number of nitrogens with zero attached hydrogens (tertiary/aromatic N) is 2. The number of likely N-dealkylation sites (N-methyl/N-ethyl adjacent to an activating group) is 1. The van der Waals surface area contributed by atoms with E-state index in [0.717, 1.165) is 0 Å². The number of carboxylic acid groups (broad SMARTS) is 1. The number of nitrogens with two attached hydrogens (primary N) is 1. The van der Waals surface area contributed by atoms with Crippen molar-refractivity contribution in [2.75, 3.05) is 20.3 Å². The maximum absolute atomic E-state index is 12.0. The molecule has 0 bridgehead atoms. The van der Waals surface area contributed by atoms with Crippen LogP contribution in [-0.4, -0.2) is 48.4 Å². The second-order valence-electron chi connectivity index (χ2n) is 4.39. The van der Waals surface area contributed by atoms with Gasteiger partial charge in [-0.3, -0.25) is 0 Å². The van der Waals surface area contributed by atoms with Crippen LogP contribution >= 0.6 is 0 Å². The summed E-state index contributed by atoms with van der Waals surface area (Å²) in [6.45, 7) is 0.501. The second kappa shape index (κ2) is 5.95. The third kappa shape index (κ3) is 2.93. The number of ether oxygens (including phenoxy) is 1. The molecule has 2 N–H and O–H groups in total. The lowest BCUT2D eigenvalue weighted by atomic mass is 10.2. The number of para-hydroxylation sites is 1. The van der Waals surface area contributed by atoms with E-state index in [1.165, 1.54) is 24.3 Å². The summed E-state index contributed by atoms with van der Waals surface area (Å²) in [6.07, 6.45) is -1.08. The molecule has 8 nitrogen and oxygen atoms in total. The Morgan fingerprint density at radius 2 is 2.20 bits per heavy atom. The van der Waals surface area contributed by atoms with E-state index in [1.54, 1.807) is 11.9 Å². The molecule has 0 amide bonds. The van der Waals surface area contributed by atoms with Gasteiger partial charge in [0.2, 0.25) is 0 Å². The first-order chi connectivity index (χ1) is 9.50. The van der Waals surface area contributed by atoms with Gasteiger partial charge in [-0.25, -0.2) is 9.74 Å². The number of hydrogen-bond donors (Lipinski definition) is 1. The van der Waals surface area contributed by atoms with Crippen molar-refractivity contribution in [3.8, 4) is 0 Å². The van der Waals surface area contributed by atoms with Gasteiger partial charge in [0, 0.05) is 6.07 Å². The van der Waals surface area contributed by atoms with E-state index >= 15 is 0 Å². The lowest BCUT2D eigenvalue weighted by molar-refractivity contribution is -0.764. The van der Waals surface area contributed by atoms with Crippen molar-refractivity contribution in [3.63, 3.8) is 0 Å². The van der Waals surface area contributed by atoms with E-state index in [1.807, 2.05) is 0 Å².